The minimum atomic E-state index is -0.394. The largest absolute Gasteiger partial charge is 0.505 e. The molecule has 2 amide bonds. The van der Waals surface area contributed by atoms with Crippen molar-refractivity contribution in [1.82, 2.24) is 4.90 Å². The van der Waals surface area contributed by atoms with Crippen LogP contribution in [0.5, 0.6) is 5.75 Å². The van der Waals surface area contributed by atoms with E-state index in [1.165, 1.54) is 17.0 Å². The highest BCUT2D eigenvalue weighted by molar-refractivity contribution is 5.98. The van der Waals surface area contributed by atoms with E-state index in [2.05, 4.69) is 0 Å². The maximum Gasteiger partial charge on any atom is 0.257 e. The third-order valence-electron chi connectivity index (χ3n) is 3.41. The lowest BCUT2D eigenvalue weighted by molar-refractivity contribution is -0.123. The second kappa shape index (κ2) is 5.17. The van der Waals surface area contributed by atoms with Crippen LogP contribution in [0.25, 0.3) is 0 Å². The number of likely N-dealkylation sites (tertiary alicyclic amines) is 1. The zero-order chi connectivity index (χ0) is 14.0. The lowest BCUT2D eigenvalue weighted by atomic mass is 9.96. The first kappa shape index (κ1) is 13.2. The van der Waals surface area contributed by atoms with Crippen molar-refractivity contribution in [2.24, 2.45) is 11.7 Å². The number of anilines is 1. The average Bonchev–Trinajstić information content (AvgIpc) is 2.41. The Bertz CT molecular complexity index is 516. The van der Waals surface area contributed by atoms with E-state index in [1.807, 2.05) is 0 Å². The van der Waals surface area contributed by atoms with Crippen molar-refractivity contribution < 1.29 is 14.7 Å². The highest BCUT2D eigenvalue weighted by atomic mass is 16.3. The van der Waals surface area contributed by atoms with Crippen LogP contribution in [0.2, 0.25) is 0 Å². The molecular weight excluding hydrogens is 246 g/mol. The summed E-state index contributed by atoms with van der Waals surface area (Å²) in [5, 5.41) is 9.81. The number of para-hydroxylation sites is 1. The lowest BCUT2D eigenvalue weighted by Crippen LogP contribution is -2.44. The van der Waals surface area contributed by atoms with Gasteiger partial charge in [0.2, 0.25) is 5.91 Å². The van der Waals surface area contributed by atoms with E-state index >= 15 is 0 Å². The zero-order valence-electron chi connectivity index (χ0n) is 10.5. The molecule has 0 bridgehead atoms. The molecule has 2 rings (SSSR count). The van der Waals surface area contributed by atoms with E-state index in [0.717, 1.165) is 6.42 Å². The van der Waals surface area contributed by atoms with Gasteiger partial charge in [0, 0.05) is 13.1 Å². The summed E-state index contributed by atoms with van der Waals surface area (Å²) in [7, 11) is 0. The van der Waals surface area contributed by atoms with Crippen LogP contribution in [0.1, 0.15) is 23.2 Å². The number of hydrogen-bond donors (Lipinski definition) is 3. The Morgan fingerprint density at radius 1 is 1.37 bits per heavy atom. The van der Waals surface area contributed by atoms with E-state index in [1.54, 1.807) is 6.07 Å². The molecule has 1 saturated heterocycles. The van der Waals surface area contributed by atoms with Gasteiger partial charge in [-0.15, -0.1) is 0 Å². The van der Waals surface area contributed by atoms with Gasteiger partial charge < -0.3 is 21.5 Å². The number of carbonyl (C=O) groups excluding carboxylic acids is 2. The SMILES string of the molecule is NC(=O)C1CCCN(C(=O)c2cccc(N)c2O)C1. The van der Waals surface area contributed by atoms with Crippen LogP contribution in [0.4, 0.5) is 5.69 Å². The summed E-state index contributed by atoms with van der Waals surface area (Å²) in [5.41, 5.74) is 11.2. The molecule has 6 nitrogen and oxygen atoms in total. The van der Waals surface area contributed by atoms with Crippen LogP contribution in [0, 0.1) is 5.92 Å². The van der Waals surface area contributed by atoms with Gasteiger partial charge in [0.15, 0.2) is 5.75 Å². The number of nitrogens with zero attached hydrogens (tertiary/aromatic N) is 1. The molecule has 0 radical (unpaired) electrons. The van der Waals surface area contributed by atoms with E-state index in [4.69, 9.17) is 11.5 Å². The maximum absolute atomic E-state index is 12.3. The number of amides is 2. The van der Waals surface area contributed by atoms with Crippen LogP contribution in [0.3, 0.4) is 0 Å². The predicted molar refractivity (Wildman–Crippen MR) is 70.3 cm³/mol. The van der Waals surface area contributed by atoms with Crippen molar-refractivity contribution in [3.8, 4) is 5.75 Å². The van der Waals surface area contributed by atoms with Crippen molar-refractivity contribution >= 4 is 17.5 Å². The number of phenolic OH excluding ortho intramolecular Hbond substituents is 1. The quantitative estimate of drug-likeness (QED) is 0.527. The van der Waals surface area contributed by atoms with Crippen molar-refractivity contribution in [1.29, 1.82) is 0 Å². The molecule has 1 unspecified atom stereocenters. The summed E-state index contributed by atoms with van der Waals surface area (Å²) in [4.78, 5) is 25.0. The zero-order valence-corrected chi connectivity index (χ0v) is 10.5. The van der Waals surface area contributed by atoms with Crippen molar-refractivity contribution in [3.05, 3.63) is 23.8 Å². The van der Waals surface area contributed by atoms with E-state index in [9.17, 15) is 14.7 Å². The Morgan fingerprint density at radius 3 is 2.79 bits per heavy atom. The number of benzene rings is 1. The fourth-order valence-electron chi connectivity index (χ4n) is 2.30. The summed E-state index contributed by atoms with van der Waals surface area (Å²) in [6, 6.07) is 4.65. The molecule has 1 aromatic carbocycles. The van der Waals surface area contributed by atoms with E-state index in [-0.39, 0.29) is 28.8 Å². The van der Waals surface area contributed by atoms with Gasteiger partial charge in [0.25, 0.3) is 5.91 Å². The Morgan fingerprint density at radius 2 is 2.11 bits per heavy atom. The third-order valence-corrected chi connectivity index (χ3v) is 3.41. The number of phenols is 1. The van der Waals surface area contributed by atoms with Gasteiger partial charge in [-0.25, -0.2) is 0 Å². The molecule has 1 aliphatic rings. The van der Waals surface area contributed by atoms with E-state index < -0.39 is 5.91 Å². The van der Waals surface area contributed by atoms with Crippen LogP contribution >= 0.6 is 0 Å². The molecule has 5 N–H and O–H groups in total. The molecule has 19 heavy (non-hydrogen) atoms. The van der Waals surface area contributed by atoms with Gasteiger partial charge in [-0.1, -0.05) is 6.07 Å². The highest BCUT2D eigenvalue weighted by Crippen LogP contribution is 2.27. The van der Waals surface area contributed by atoms with Crippen LogP contribution in [-0.4, -0.2) is 34.9 Å². The lowest BCUT2D eigenvalue weighted by Gasteiger charge is -2.31. The van der Waals surface area contributed by atoms with Crippen LogP contribution in [-0.2, 0) is 4.79 Å². The number of nitrogens with two attached hydrogens (primary N) is 2. The fourth-order valence-corrected chi connectivity index (χ4v) is 2.30. The third kappa shape index (κ3) is 2.62. The Kier molecular flexibility index (Phi) is 3.59. The molecule has 1 aliphatic heterocycles. The van der Waals surface area contributed by atoms with Crippen molar-refractivity contribution in [2.45, 2.75) is 12.8 Å². The monoisotopic (exact) mass is 263 g/mol. The van der Waals surface area contributed by atoms with Crippen LogP contribution < -0.4 is 11.5 Å². The average molecular weight is 263 g/mol. The summed E-state index contributed by atoms with van der Waals surface area (Å²) in [6.45, 7) is 0.846. The van der Waals surface area contributed by atoms with Crippen molar-refractivity contribution in [2.75, 3.05) is 18.8 Å². The van der Waals surface area contributed by atoms with Gasteiger partial charge in [-0.3, -0.25) is 9.59 Å². The Balaban J connectivity index is 2.19. The van der Waals surface area contributed by atoms with Gasteiger partial charge in [-0.2, -0.15) is 0 Å². The first-order chi connectivity index (χ1) is 9.00. The van der Waals surface area contributed by atoms with Gasteiger partial charge in [0.05, 0.1) is 17.2 Å². The molecule has 0 aromatic heterocycles. The van der Waals surface area contributed by atoms with Gasteiger partial charge >= 0.3 is 0 Å². The smallest absolute Gasteiger partial charge is 0.257 e. The normalized spacial score (nSPS) is 19.2. The number of nitrogen functional groups attached to an aromatic ring is 1. The molecular formula is C13H17N3O3. The number of aromatic hydroxyl groups is 1. The number of rotatable bonds is 2. The Labute approximate surface area is 111 Å². The first-order valence-corrected chi connectivity index (χ1v) is 6.16. The summed E-state index contributed by atoms with van der Waals surface area (Å²) < 4.78 is 0. The number of primary amides is 1. The molecule has 1 fully saturated rings. The minimum Gasteiger partial charge on any atom is -0.505 e. The first-order valence-electron chi connectivity index (χ1n) is 6.16. The van der Waals surface area contributed by atoms with Crippen molar-refractivity contribution in [3.63, 3.8) is 0 Å². The Hall–Kier alpha value is -2.24. The molecule has 1 aromatic rings. The van der Waals surface area contributed by atoms with Crippen LogP contribution in [0.15, 0.2) is 18.2 Å². The molecule has 0 aliphatic carbocycles. The topological polar surface area (TPSA) is 110 Å². The molecule has 0 spiro atoms. The van der Waals surface area contributed by atoms with E-state index in [0.29, 0.717) is 19.5 Å². The van der Waals surface area contributed by atoms with Gasteiger partial charge in [-0.05, 0) is 25.0 Å². The summed E-state index contributed by atoms with van der Waals surface area (Å²) in [6.07, 6.45) is 1.42. The fraction of sp³-hybridized carbons (Fsp3) is 0.385. The molecule has 0 saturated carbocycles. The minimum absolute atomic E-state index is 0.158. The molecule has 1 atom stereocenters. The molecule has 1 heterocycles. The number of carbonyl (C=O) groups is 2. The maximum atomic E-state index is 12.3. The predicted octanol–water partition coefficient (Wildman–Crippen LogP) is 0.312. The second-order valence-electron chi connectivity index (χ2n) is 4.74. The second-order valence-corrected chi connectivity index (χ2v) is 4.74. The van der Waals surface area contributed by atoms with Gasteiger partial charge in [0.1, 0.15) is 0 Å². The molecule has 102 valence electrons. The molecule has 6 heteroatoms. The standard InChI is InChI=1S/C13H17N3O3/c14-10-5-1-4-9(11(10)17)13(19)16-6-2-3-8(7-16)12(15)18/h1,4-5,8,17H,2-3,6-7,14H2,(H2,15,18). The highest BCUT2D eigenvalue weighted by Gasteiger charge is 2.28. The number of hydrogen-bond acceptors (Lipinski definition) is 4. The summed E-state index contributed by atoms with van der Waals surface area (Å²) in [5.74, 6) is -1.25. The number of piperidine rings is 1. The summed E-state index contributed by atoms with van der Waals surface area (Å²) >= 11 is 0.